The predicted molar refractivity (Wildman–Crippen MR) is 71.5 cm³/mol. The third-order valence-electron chi connectivity index (χ3n) is 2.82. The molecule has 1 aromatic heterocycles. The zero-order chi connectivity index (χ0) is 13.1. The predicted octanol–water partition coefficient (Wildman–Crippen LogP) is 1.76. The number of nitrogens with two attached hydrogens (primary N) is 1. The summed E-state index contributed by atoms with van der Waals surface area (Å²) in [5.74, 6) is -0.155. The molecule has 0 aliphatic rings. The summed E-state index contributed by atoms with van der Waals surface area (Å²) in [6.07, 6.45) is 1.51. The lowest BCUT2D eigenvalue weighted by Gasteiger charge is -2.18. The number of nitrogen functional groups attached to an aromatic ring is 1. The molecule has 2 N–H and O–H groups in total. The van der Waals surface area contributed by atoms with E-state index in [0.717, 1.165) is 5.69 Å². The minimum absolute atomic E-state index is 0.155. The molecule has 0 aliphatic heterocycles. The molecule has 0 aliphatic carbocycles. The number of aromatic nitrogens is 2. The molecule has 94 valence electrons. The van der Waals surface area contributed by atoms with Crippen LogP contribution in [0.2, 0.25) is 0 Å². The second-order valence-corrected chi connectivity index (χ2v) is 3.96. The lowest BCUT2D eigenvalue weighted by atomic mass is 10.2. The number of hydrogen-bond acceptors (Lipinski definition) is 3. The highest BCUT2D eigenvalue weighted by Gasteiger charge is 2.20. The van der Waals surface area contributed by atoms with E-state index >= 15 is 0 Å². The fourth-order valence-corrected chi connectivity index (χ4v) is 1.80. The number of aryl methyl sites for hydroxylation is 1. The van der Waals surface area contributed by atoms with Gasteiger partial charge in [0.25, 0.3) is 5.91 Å². The summed E-state index contributed by atoms with van der Waals surface area (Å²) in [6.45, 7) is 2.53. The first kappa shape index (κ1) is 12.2. The molecular formula is C13H16N4O. The Morgan fingerprint density at radius 1 is 1.39 bits per heavy atom. The van der Waals surface area contributed by atoms with Crippen LogP contribution >= 0.6 is 0 Å². The summed E-state index contributed by atoms with van der Waals surface area (Å²) < 4.78 is 1.61. The smallest absolute Gasteiger partial charge is 0.278 e. The highest BCUT2D eigenvalue weighted by atomic mass is 16.2. The molecule has 5 heteroatoms. The summed E-state index contributed by atoms with van der Waals surface area (Å²) in [5, 5.41) is 4.08. The zero-order valence-electron chi connectivity index (χ0n) is 10.5. The summed E-state index contributed by atoms with van der Waals surface area (Å²) in [6, 6.07) is 9.44. The van der Waals surface area contributed by atoms with Crippen molar-refractivity contribution >= 4 is 17.3 Å². The van der Waals surface area contributed by atoms with E-state index in [4.69, 9.17) is 5.73 Å². The Labute approximate surface area is 106 Å². The van der Waals surface area contributed by atoms with Gasteiger partial charge in [0.2, 0.25) is 0 Å². The number of carbonyl (C=O) groups excluding carboxylic acids is 1. The van der Waals surface area contributed by atoms with E-state index in [9.17, 15) is 4.79 Å². The molecule has 5 nitrogen and oxygen atoms in total. The fraction of sp³-hybridized carbons (Fsp3) is 0.231. The first-order valence-electron chi connectivity index (χ1n) is 5.79. The van der Waals surface area contributed by atoms with E-state index in [1.165, 1.54) is 6.20 Å². The molecule has 0 fully saturated rings. The Balaban J connectivity index is 2.34. The van der Waals surface area contributed by atoms with E-state index in [-0.39, 0.29) is 5.91 Å². The largest absolute Gasteiger partial charge is 0.396 e. The van der Waals surface area contributed by atoms with Crippen molar-refractivity contribution in [3.05, 3.63) is 42.2 Å². The van der Waals surface area contributed by atoms with Gasteiger partial charge in [-0.3, -0.25) is 9.48 Å². The number of para-hydroxylation sites is 1. The van der Waals surface area contributed by atoms with Crippen molar-refractivity contribution in [3.8, 4) is 0 Å². The van der Waals surface area contributed by atoms with Crippen LogP contribution in [0.1, 0.15) is 17.4 Å². The van der Waals surface area contributed by atoms with Crippen LogP contribution in [0.25, 0.3) is 0 Å². The van der Waals surface area contributed by atoms with Gasteiger partial charge in [-0.05, 0) is 19.1 Å². The number of carbonyl (C=O) groups is 1. The van der Waals surface area contributed by atoms with Gasteiger partial charge >= 0.3 is 0 Å². The van der Waals surface area contributed by atoms with Gasteiger partial charge in [-0.2, -0.15) is 5.10 Å². The molecule has 1 aromatic carbocycles. The van der Waals surface area contributed by atoms with Crippen molar-refractivity contribution in [1.29, 1.82) is 0 Å². The molecule has 2 aromatic rings. The number of benzene rings is 1. The van der Waals surface area contributed by atoms with Gasteiger partial charge in [0, 0.05) is 19.3 Å². The Kier molecular flexibility index (Phi) is 3.32. The number of rotatable bonds is 3. The maximum absolute atomic E-state index is 12.4. The van der Waals surface area contributed by atoms with Gasteiger partial charge < -0.3 is 10.6 Å². The van der Waals surface area contributed by atoms with Crippen LogP contribution in [-0.4, -0.2) is 22.7 Å². The van der Waals surface area contributed by atoms with Crippen LogP contribution in [-0.2, 0) is 6.54 Å². The average molecular weight is 244 g/mol. The van der Waals surface area contributed by atoms with Gasteiger partial charge in [0.1, 0.15) is 5.69 Å². The van der Waals surface area contributed by atoms with E-state index in [2.05, 4.69) is 5.10 Å². The van der Waals surface area contributed by atoms with Crippen molar-refractivity contribution in [2.45, 2.75) is 13.5 Å². The standard InChI is InChI=1S/C13H16N4O/c1-3-17-12(11(14)9-15-17)13(18)16(2)10-7-5-4-6-8-10/h4-9H,3,14H2,1-2H3. The molecule has 0 saturated heterocycles. The monoisotopic (exact) mass is 244 g/mol. The first-order valence-corrected chi connectivity index (χ1v) is 5.79. The molecule has 0 atom stereocenters. The second-order valence-electron chi connectivity index (χ2n) is 3.96. The lowest BCUT2D eigenvalue weighted by Crippen LogP contribution is -2.29. The molecule has 18 heavy (non-hydrogen) atoms. The molecule has 1 heterocycles. The molecule has 1 amide bonds. The Bertz CT molecular complexity index is 547. The van der Waals surface area contributed by atoms with Crippen molar-refractivity contribution in [3.63, 3.8) is 0 Å². The molecule has 0 spiro atoms. The zero-order valence-corrected chi connectivity index (χ0v) is 10.5. The number of nitrogens with zero attached hydrogens (tertiary/aromatic N) is 3. The lowest BCUT2D eigenvalue weighted by molar-refractivity contribution is 0.0983. The van der Waals surface area contributed by atoms with Crippen molar-refractivity contribution < 1.29 is 4.79 Å². The van der Waals surface area contributed by atoms with Crippen LogP contribution in [0.5, 0.6) is 0 Å². The summed E-state index contributed by atoms with van der Waals surface area (Å²) in [5.41, 5.74) is 7.47. The van der Waals surface area contributed by atoms with Crippen molar-refractivity contribution in [2.24, 2.45) is 0 Å². The van der Waals surface area contributed by atoms with Crippen LogP contribution in [0.3, 0.4) is 0 Å². The van der Waals surface area contributed by atoms with Crippen LogP contribution in [0, 0.1) is 0 Å². The van der Waals surface area contributed by atoms with Crippen LogP contribution in [0.4, 0.5) is 11.4 Å². The minimum atomic E-state index is -0.155. The number of anilines is 2. The molecular weight excluding hydrogens is 228 g/mol. The summed E-state index contributed by atoms with van der Waals surface area (Å²) >= 11 is 0. The van der Waals surface area contributed by atoms with Gasteiger partial charge in [0.05, 0.1) is 11.9 Å². The van der Waals surface area contributed by atoms with Gasteiger partial charge in [-0.1, -0.05) is 18.2 Å². The highest BCUT2D eigenvalue weighted by molar-refractivity contribution is 6.07. The average Bonchev–Trinajstić information content (AvgIpc) is 2.79. The minimum Gasteiger partial charge on any atom is -0.396 e. The van der Waals surface area contributed by atoms with Crippen molar-refractivity contribution in [2.75, 3.05) is 17.7 Å². The van der Waals surface area contributed by atoms with E-state index < -0.39 is 0 Å². The molecule has 0 radical (unpaired) electrons. The Morgan fingerprint density at radius 3 is 2.67 bits per heavy atom. The van der Waals surface area contributed by atoms with E-state index in [0.29, 0.717) is 17.9 Å². The van der Waals surface area contributed by atoms with Gasteiger partial charge in [-0.25, -0.2) is 0 Å². The number of hydrogen-bond donors (Lipinski definition) is 1. The third-order valence-corrected chi connectivity index (χ3v) is 2.82. The van der Waals surface area contributed by atoms with E-state index in [1.54, 1.807) is 16.6 Å². The molecule has 0 saturated carbocycles. The Hall–Kier alpha value is -2.30. The quantitative estimate of drug-likeness (QED) is 0.894. The maximum Gasteiger partial charge on any atom is 0.278 e. The topological polar surface area (TPSA) is 64.2 Å². The first-order chi connectivity index (χ1) is 8.65. The summed E-state index contributed by atoms with van der Waals surface area (Å²) in [7, 11) is 1.73. The van der Waals surface area contributed by atoms with Crippen LogP contribution in [0.15, 0.2) is 36.5 Å². The Morgan fingerprint density at radius 2 is 2.06 bits per heavy atom. The van der Waals surface area contributed by atoms with E-state index in [1.807, 2.05) is 37.3 Å². The summed E-state index contributed by atoms with van der Waals surface area (Å²) in [4.78, 5) is 14.0. The SMILES string of the molecule is CCn1ncc(N)c1C(=O)N(C)c1ccccc1. The number of amides is 1. The highest BCUT2D eigenvalue weighted by Crippen LogP contribution is 2.18. The van der Waals surface area contributed by atoms with Crippen molar-refractivity contribution in [1.82, 2.24) is 9.78 Å². The normalized spacial score (nSPS) is 10.3. The molecule has 0 bridgehead atoms. The van der Waals surface area contributed by atoms with Gasteiger partial charge in [-0.15, -0.1) is 0 Å². The van der Waals surface area contributed by atoms with Crippen LogP contribution < -0.4 is 10.6 Å². The fourth-order valence-electron chi connectivity index (χ4n) is 1.80. The third kappa shape index (κ3) is 2.07. The molecule has 0 unspecified atom stereocenters. The maximum atomic E-state index is 12.4. The second kappa shape index (κ2) is 4.91. The van der Waals surface area contributed by atoms with Gasteiger partial charge in [0.15, 0.2) is 0 Å². The molecule has 2 rings (SSSR count).